The summed E-state index contributed by atoms with van der Waals surface area (Å²) in [5, 5.41) is 8.25. The average molecular weight is 219 g/mol. The Morgan fingerprint density at radius 3 is 2.50 bits per heavy atom. The molecule has 0 aliphatic heterocycles. The van der Waals surface area contributed by atoms with Crippen LogP contribution < -0.4 is 0 Å². The zero-order chi connectivity index (χ0) is 7.98. The third kappa shape index (κ3) is 2.95. The molecule has 0 spiro atoms. The molecule has 1 aromatic rings. The lowest BCUT2D eigenvalue weighted by molar-refractivity contribution is 1.37. The SMILES string of the molecule is CC.N#Cc1cnc(Br)s1. The predicted molar refractivity (Wildman–Crippen MR) is 45.9 cm³/mol. The molecule has 1 aromatic heterocycles. The van der Waals surface area contributed by atoms with Crippen LogP contribution in [-0.2, 0) is 0 Å². The first kappa shape index (κ1) is 9.60. The molecule has 0 saturated carbocycles. The highest BCUT2D eigenvalue weighted by molar-refractivity contribution is 9.11. The fourth-order valence-corrected chi connectivity index (χ4v) is 1.37. The Bertz CT molecular complexity index is 226. The smallest absolute Gasteiger partial charge is 0.160 e. The molecule has 4 heteroatoms. The monoisotopic (exact) mass is 218 g/mol. The summed E-state index contributed by atoms with van der Waals surface area (Å²) in [4.78, 5) is 4.44. The summed E-state index contributed by atoms with van der Waals surface area (Å²) in [6, 6.07) is 1.97. The number of nitriles is 1. The van der Waals surface area contributed by atoms with Crippen LogP contribution in [0.25, 0.3) is 0 Å². The Balaban J connectivity index is 0.000000371. The molecule has 54 valence electrons. The third-order valence-electron chi connectivity index (χ3n) is 0.588. The van der Waals surface area contributed by atoms with E-state index in [2.05, 4.69) is 20.9 Å². The van der Waals surface area contributed by atoms with Crippen LogP contribution in [0, 0.1) is 11.3 Å². The average Bonchev–Trinajstić information content (AvgIpc) is 2.40. The van der Waals surface area contributed by atoms with E-state index in [-0.39, 0.29) is 0 Å². The number of rotatable bonds is 0. The summed E-state index contributed by atoms with van der Waals surface area (Å²) in [7, 11) is 0. The highest BCUT2D eigenvalue weighted by Gasteiger charge is 1.93. The van der Waals surface area contributed by atoms with Gasteiger partial charge in [-0.05, 0) is 15.9 Å². The first-order valence-corrected chi connectivity index (χ1v) is 4.45. The summed E-state index contributed by atoms with van der Waals surface area (Å²) < 4.78 is 0.758. The summed E-state index contributed by atoms with van der Waals surface area (Å²) in [5.41, 5.74) is 0. The Hall–Kier alpha value is -0.400. The minimum atomic E-state index is 0.636. The number of hydrogen-bond acceptors (Lipinski definition) is 3. The maximum absolute atomic E-state index is 8.25. The Morgan fingerprint density at radius 2 is 2.30 bits per heavy atom. The molecule has 1 heterocycles. The van der Waals surface area contributed by atoms with E-state index < -0.39 is 0 Å². The summed E-state index contributed by atoms with van der Waals surface area (Å²) in [5.74, 6) is 0. The standard InChI is InChI=1S/C4HBrN2S.C2H6/c5-4-7-2-3(1-6)8-4;1-2/h2H;1-2H3. The molecule has 0 aromatic carbocycles. The van der Waals surface area contributed by atoms with Crippen LogP contribution in [0.1, 0.15) is 18.7 Å². The van der Waals surface area contributed by atoms with Crippen molar-refractivity contribution >= 4 is 27.3 Å². The van der Waals surface area contributed by atoms with Crippen molar-refractivity contribution in [2.24, 2.45) is 0 Å². The van der Waals surface area contributed by atoms with Crippen LogP contribution in [0.4, 0.5) is 0 Å². The molecule has 0 saturated heterocycles. The molecule has 0 radical (unpaired) electrons. The van der Waals surface area contributed by atoms with Crippen molar-refractivity contribution in [1.29, 1.82) is 5.26 Å². The van der Waals surface area contributed by atoms with Gasteiger partial charge in [0.2, 0.25) is 0 Å². The van der Waals surface area contributed by atoms with Gasteiger partial charge in [0.25, 0.3) is 0 Å². The lowest BCUT2D eigenvalue weighted by Gasteiger charge is -1.64. The molecule has 1 rings (SSSR count). The van der Waals surface area contributed by atoms with Gasteiger partial charge in [0.15, 0.2) is 3.92 Å². The van der Waals surface area contributed by atoms with Crippen LogP contribution in [-0.4, -0.2) is 4.98 Å². The molecule has 0 atom stereocenters. The quantitative estimate of drug-likeness (QED) is 0.672. The Kier molecular flexibility index (Phi) is 5.17. The topological polar surface area (TPSA) is 36.7 Å². The maximum atomic E-state index is 8.25. The van der Waals surface area contributed by atoms with Crippen LogP contribution in [0.2, 0.25) is 0 Å². The van der Waals surface area contributed by atoms with E-state index in [0.29, 0.717) is 4.88 Å². The fourth-order valence-electron chi connectivity index (χ4n) is 0.305. The number of aromatic nitrogens is 1. The van der Waals surface area contributed by atoms with Crippen LogP contribution in [0.3, 0.4) is 0 Å². The second kappa shape index (κ2) is 5.39. The van der Waals surface area contributed by atoms with Gasteiger partial charge < -0.3 is 0 Å². The molecule has 10 heavy (non-hydrogen) atoms. The van der Waals surface area contributed by atoms with E-state index in [4.69, 9.17) is 5.26 Å². The molecule has 0 bridgehead atoms. The van der Waals surface area contributed by atoms with Crippen LogP contribution >= 0.6 is 27.3 Å². The molecule has 0 aliphatic rings. The third-order valence-corrected chi connectivity index (χ3v) is 1.97. The number of halogens is 1. The van der Waals surface area contributed by atoms with Gasteiger partial charge in [-0.1, -0.05) is 25.2 Å². The zero-order valence-corrected chi connectivity index (χ0v) is 8.16. The van der Waals surface area contributed by atoms with E-state index in [1.165, 1.54) is 17.5 Å². The molecule has 0 fully saturated rings. The summed E-state index contributed by atoms with van der Waals surface area (Å²) in [6.45, 7) is 4.00. The molecular formula is C6H7BrN2S. The van der Waals surface area contributed by atoms with Crippen molar-refractivity contribution in [2.45, 2.75) is 13.8 Å². The van der Waals surface area contributed by atoms with E-state index in [9.17, 15) is 0 Å². The van der Waals surface area contributed by atoms with Gasteiger partial charge in [-0.15, -0.1) is 0 Å². The van der Waals surface area contributed by atoms with Crippen molar-refractivity contribution in [1.82, 2.24) is 4.98 Å². The Labute approximate surface area is 72.7 Å². The van der Waals surface area contributed by atoms with Gasteiger partial charge in [0.05, 0.1) is 6.20 Å². The predicted octanol–water partition coefficient (Wildman–Crippen LogP) is 2.80. The summed E-state index contributed by atoms with van der Waals surface area (Å²) in [6.07, 6.45) is 1.54. The number of hydrogen-bond donors (Lipinski definition) is 0. The summed E-state index contributed by atoms with van der Waals surface area (Å²) >= 11 is 4.46. The molecular weight excluding hydrogens is 212 g/mol. The minimum Gasteiger partial charge on any atom is -0.236 e. The van der Waals surface area contributed by atoms with Crippen molar-refractivity contribution in [2.75, 3.05) is 0 Å². The van der Waals surface area contributed by atoms with Crippen molar-refractivity contribution < 1.29 is 0 Å². The maximum Gasteiger partial charge on any atom is 0.160 e. The second-order valence-corrected chi connectivity index (χ2v) is 3.40. The molecule has 0 aliphatic carbocycles. The first-order chi connectivity index (χ1) is 4.83. The first-order valence-electron chi connectivity index (χ1n) is 2.84. The second-order valence-electron chi connectivity index (χ2n) is 1.09. The van der Waals surface area contributed by atoms with Gasteiger partial charge >= 0.3 is 0 Å². The van der Waals surface area contributed by atoms with Crippen LogP contribution in [0.15, 0.2) is 10.1 Å². The van der Waals surface area contributed by atoms with Crippen molar-refractivity contribution in [3.8, 4) is 6.07 Å². The number of thiazole rings is 1. The van der Waals surface area contributed by atoms with Gasteiger partial charge in [-0.3, -0.25) is 0 Å². The highest BCUT2D eigenvalue weighted by atomic mass is 79.9. The van der Waals surface area contributed by atoms with Crippen LogP contribution in [0.5, 0.6) is 0 Å². The zero-order valence-electron chi connectivity index (χ0n) is 5.76. The minimum absolute atomic E-state index is 0.636. The normalized spacial score (nSPS) is 7.40. The lowest BCUT2D eigenvalue weighted by atomic mass is 10.6. The van der Waals surface area contributed by atoms with Crippen molar-refractivity contribution in [3.05, 3.63) is 15.0 Å². The van der Waals surface area contributed by atoms with E-state index >= 15 is 0 Å². The van der Waals surface area contributed by atoms with E-state index in [1.54, 1.807) is 0 Å². The van der Waals surface area contributed by atoms with Gasteiger partial charge in [-0.2, -0.15) is 5.26 Å². The van der Waals surface area contributed by atoms with Gasteiger partial charge in [0.1, 0.15) is 10.9 Å². The molecule has 0 N–H and O–H groups in total. The fraction of sp³-hybridized carbons (Fsp3) is 0.333. The highest BCUT2D eigenvalue weighted by Crippen LogP contribution is 2.16. The molecule has 0 unspecified atom stereocenters. The van der Waals surface area contributed by atoms with Gasteiger partial charge in [-0.25, -0.2) is 4.98 Å². The Morgan fingerprint density at radius 1 is 1.70 bits per heavy atom. The van der Waals surface area contributed by atoms with E-state index in [0.717, 1.165) is 3.92 Å². The lowest BCUT2D eigenvalue weighted by Crippen LogP contribution is -1.54. The molecule has 0 amide bonds. The van der Waals surface area contributed by atoms with Gasteiger partial charge in [0, 0.05) is 0 Å². The van der Waals surface area contributed by atoms with E-state index in [1.807, 2.05) is 19.9 Å². The largest absolute Gasteiger partial charge is 0.236 e. The molecule has 2 nitrogen and oxygen atoms in total. The van der Waals surface area contributed by atoms with Crippen molar-refractivity contribution in [3.63, 3.8) is 0 Å². The number of nitrogens with zero attached hydrogens (tertiary/aromatic N) is 2.